The van der Waals surface area contributed by atoms with E-state index in [9.17, 15) is 9.59 Å². The van der Waals surface area contributed by atoms with Gasteiger partial charge in [0.2, 0.25) is 0 Å². The zero-order valence-electron chi connectivity index (χ0n) is 17.2. The minimum absolute atomic E-state index is 0.0175. The molecule has 0 spiro atoms. The van der Waals surface area contributed by atoms with Gasteiger partial charge in [0, 0.05) is 36.0 Å². The van der Waals surface area contributed by atoms with Crippen LogP contribution in [0.15, 0.2) is 18.2 Å². The Labute approximate surface area is 171 Å². The molecular formula is C21H29ClN2O4. The van der Waals surface area contributed by atoms with Crippen molar-refractivity contribution in [1.29, 1.82) is 0 Å². The molecule has 28 heavy (non-hydrogen) atoms. The normalized spacial score (nSPS) is 23.6. The number of piperidine rings is 1. The van der Waals surface area contributed by atoms with E-state index in [4.69, 9.17) is 21.1 Å². The van der Waals surface area contributed by atoms with Gasteiger partial charge in [0.05, 0.1) is 0 Å². The number of likely N-dealkylation sites (tertiary alicyclic amines) is 1. The monoisotopic (exact) mass is 408 g/mol. The van der Waals surface area contributed by atoms with Crippen molar-refractivity contribution in [2.75, 3.05) is 13.1 Å². The summed E-state index contributed by atoms with van der Waals surface area (Å²) in [5.74, 6) is 0.708. The number of nitrogens with one attached hydrogen (secondary N) is 1. The molecule has 0 unspecified atom stereocenters. The van der Waals surface area contributed by atoms with Gasteiger partial charge < -0.3 is 19.7 Å². The van der Waals surface area contributed by atoms with Gasteiger partial charge in [0.25, 0.3) is 5.91 Å². The van der Waals surface area contributed by atoms with Crippen LogP contribution >= 0.6 is 11.6 Å². The number of fused-ring (bicyclic) bond motifs is 1. The van der Waals surface area contributed by atoms with Gasteiger partial charge in [0.1, 0.15) is 11.4 Å². The number of carbonyl (C=O) groups is 2. The summed E-state index contributed by atoms with van der Waals surface area (Å²) in [6.45, 7) is 10.7. The second kappa shape index (κ2) is 7.47. The molecule has 6 nitrogen and oxygen atoms in total. The highest BCUT2D eigenvalue weighted by Gasteiger charge is 2.42. The molecular weight excluding hydrogens is 380 g/mol. The molecule has 154 valence electrons. The van der Waals surface area contributed by atoms with Crippen molar-refractivity contribution in [3.8, 4) is 5.75 Å². The van der Waals surface area contributed by atoms with Crippen LogP contribution in [0.2, 0.25) is 5.02 Å². The van der Waals surface area contributed by atoms with E-state index in [2.05, 4.69) is 19.2 Å². The highest BCUT2D eigenvalue weighted by Crippen LogP contribution is 2.34. The minimum atomic E-state index is -0.539. The molecule has 1 saturated heterocycles. The summed E-state index contributed by atoms with van der Waals surface area (Å²) in [5, 5.41) is 3.61. The third kappa shape index (κ3) is 4.72. The molecule has 1 aromatic rings. The van der Waals surface area contributed by atoms with Crippen LogP contribution in [0.3, 0.4) is 0 Å². The van der Waals surface area contributed by atoms with E-state index in [0.29, 0.717) is 31.0 Å². The van der Waals surface area contributed by atoms with E-state index >= 15 is 0 Å². The van der Waals surface area contributed by atoms with Gasteiger partial charge in [-0.1, -0.05) is 25.4 Å². The Morgan fingerprint density at radius 2 is 2.04 bits per heavy atom. The molecule has 2 heterocycles. The van der Waals surface area contributed by atoms with Gasteiger partial charge in [-0.25, -0.2) is 4.79 Å². The Bertz CT molecular complexity index is 772. The summed E-state index contributed by atoms with van der Waals surface area (Å²) in [5.41, 5.74) is 0.147. The van der Waals surface area contributed by atoms with Crippen molar-refractivity contribution in [2.45, 2.75) is 65.2 Å². The standard InChI is InChI=1S/C21H29ClN2O4/c1-20(2,3)28-19(26)23-17-8-9-24(12-21(17,4)5)18(25)16-11-13-10-14(22)6-7-15(13)27-16/h6-7,10,16-17H,8-9,11-12H2,1-5H3,(H,23,26)/t16-,17+/m1/s1. The molecule has 7 heteroatoms. The second-order valence-electron chi connectivity index (χ2n) is 9.30. The Morgan fingerprint density at radius 1 is 1.32 bits per heavy atom. The minimum Gasteiger partial charge on any atom is -0.480 e. The van der Waals surface area contributed by atoms with Gasteiger partial charge in [-0.15, -0.1) is 0 Å². The van der Waals surface area contributed by atoms with E-state index < -0.39 is 17.8 Å². The fraction of sp³-hybridized carbons (Fsp3) is 0.619. The first-order chi connectivity index (χ1) is 12.9. The first-order valence-electron chi connectivity index (χ1n) is 9.68. The molecule has 1 N–H and O–H groups in total. The van der Waals surface area contributed by atoms with Crippen LogP contribution in [0.25, 0.3) is 0 Å². The summed E-state index contributed by atoms with van der Waals surface area (Å²) >= 11 is 6.04. The smallest absolute Gasteiger partial charge is 0.407 e. The number of hydrogen-bond donors (Lipinski definition) is 1. The number of nitrogens with zero attached hydrogens (tertiary/aromatic N) is 1. The lowest BCUT2D eigenvalue weighted by molar-refractivity contribution is -0.141. The average molecular weight is 409 g/mol. The maximum absolute atomic E-state index is 13.0. The number of hydrogen-bond acceptors (Lipinski definition) is 4. The quantitative estimate of drug-likeness (QED) is 0.808. The molecule has 0 radical (unpaired) electrons. The lowest BCUT2D eigenvalue weighted by Crippen LogP contribution is -2.58. The summed E-state index contributed by atoms with van der Waals surface area (Å²) < 4.78 is 11.2. The zero-order chi connectivity index (χ0) is 20.7. The highest BCUT2D eigenvalue weighted by atomic mass is 35.5. The number of ether oxygens (including phenoxy) is 2. The third-order valence-electron chi connectivity index (χ3n) is 5.20. The molecule has 0 aromatic heterocycles. The Kier molecular flexibility index (Phi) is 5.54. The fourth-order valence-corrected chi connectivity index (χ4v) is 4.02. The predicted molar refractivity (Wildman–Crippen MR) is 108 cm³/mol. The maximum Gasteiger partial charge on any atom is 0.407 e. The molecule has 1 fully saturated rings. The molecule has 2 aliphatic heterocycles. The van der Waals surface area contributed by atoms with Crippen molar-refractivity contribution >= 4 is 23.6 Å². The fourth-order valence-electron chi connectivity index (χ4n) is 3.82. The van der Waals surface area contributed by atoms with Crippen molar-refractivity contribution in [1.82, 2.24) is 10.2 Å². The molecule has 2 amide bonds. The van der Waals surface area contributed by atoms with Crippen LogP contribution in [0.5, 0.6) is 5.75 Å². The van der Waals surface area contributed by atoms with Crippen molar-refractivity contribution in [3.63, 3.8) is 0 Å². The molecule has 0 bridgehead atoms. The summed E-state index contributed by atoms with van der Waals surface area (Å²) in [7, 11) is 0. The van der Waals surface area contributed by atoms with Crippen molar-refractivity contribution in [2.24, 2.45) is 5.41 Å². The zero-order valence-corrected chi connectivity index (χ0v) is 17.9. The maximum atomic E-state index is 13.0. The Hall–Kier alpha value is -1.95. The molecule has 0 saturated carbocycles. The number of benzene rings is 1. The van der Waals surface area contributed by atoms with Crippen molar-refractivity contribution < 1.29 is 19.1 Å². The predicted octanol–water partition coefficient (Wildman–Crippen LogP) is 3.80. The van der Waals surface area contributed by atoms with E-state index in [-0.39, 0.29) is 17.4 Å². The SMILES string of the molecule is CC(C)(C)OC(=O)N[C@H]1CCN(C(=O)[C@H]2Cc3cc(Cl)ccc3O2)CC1(C)C. The van der Waals surface area contributed by atoms with Gasteiger partial charge in [-0.3, -0.25) is 4.79 Å². The number of rotatable bonds is 2. The van der Waals surface area contributed by atoms with Crippen LogP contribution in [-0.2, 0) is 16.0 Å². The number of amides is 2. The number of halogens is 1. The van der Waals surface area contributed by atoms with E-state index in [1.54, 1.807) is 6.07 Å². The Balaban J connectivity index is 1.60. The first kappa shape index (κ1) is 20.8. The van der Waals surface area contributed by atoms with Crippen LogP contribution in [-0.4, -0.2) is 47.7 Å². The van der Waals surface area contributed by atoms with E-state index in [1.165, 1.54) is 0 Å². The summed E-state index contributed by atoms with van der Waals surface area (Å²) in [4.78, 5) is 27.0. The molecule has 3 rings (SSSR count). The van der Waals surface area contributed by atoms with E-state index in [1.807, 2.05) is 37.8 Å². The van der Waals surface area contributed by atoms with Gasteiger partial charge in [0.15, 0.2) is 6.10 Å². The van der Waals surface area contributed by atoms with Crippen LogP contribution in [0, 0.1) is 5.41 Å². The largest absolute Gasteiger partial charge is 0.480 e. The lowest BCUT2D eigenvalue weighted by atomic mass is 9.79. The lowest BCUT2D eigenvalue weighted by Gasteiger charge is -2.44. The van der Waals surface area contributed by atoms with E-state index in [0.717, 1.165) is 11.3 Å². The average Bonchev–Trinajstić information content (AvgIpc) is 2.97. The van der Waals surface area contributed by atoms with Gasteiger partial charge in [-0.2, -0.15) is 0 Å². The molecule has 0 aliphatic carbocycles. The van der Waals surface area contributed by atoms with Gasteiger partial charge >= 0.3 is 6.09 Å². The van der Waals surface area contributed by atoms with Crippen LogP contribution in [0.1, 0.15) is 46.6 Å². The number of alkyl carbamates (subject to hydrolysis) is 1. The third-order valence-corrected chi connectivity index (χ3v) is 5.44. The highest BCUT2D eigenvalue weighted by molar-refractivity contribution is 6.30. The van der Waals surface area contributed by atoms with Crippen molar-refractivity contribution in [3.05, 3.63) is 28.8 Å². The molecule has 1 aromatic carbocycles. The van der Waals surface area contributed by atoms with Crippen LogP contribution < -0.4 is 10.1 Å². The molecule has 2 atom stereocenters. The number of carbonyl (C=O) groups excluding carboxylic acids is 2. The Morgan fingerprint density at radius 3 is 2.68 bits per heavy atom. The van der Waals surface area contributed by atoms with Crippen LogP contribution in [0.4, 0.5) is 4.79 Å². The molecule has 2 aliphatic rings. The summed E-state index contributed by atoms with van der Waals surface area (Å²) in [6.07, 6.45) is 0.269. The van der Waals surface area contributed by atoms with Gasteiger partial charge in [-0.05, 0) is 51.0 Å². The first-order valence-corrected chi connectivity index (χ1v) is 10.1. The summed E-state index contributed by atoms with van der Waals surface area (Å²) in [6, 6.07) is 5.37. The second-order valence-corrected chi connectivity index (χ2v) is 9.73. The topological polar surface area (TPSA) is 67.9 Å².